The molecule has 0 aliphatic rings. The molecular formula is C16H11ClINO2. The predicted molar refractivity (Wildman–Crippen MR) is 89.8 cm³/mol. The highest BCUT2D eigenvalue weighted by Gasteiger charge is 2.25. The first-order valence-electron chi connectivity index (χ1n) is 6.10. The summed E-state index contributed by atoms with van der Waals surface area (Å²) in [4.78, 5) is 12.6. The zero-order valence-electron chi connectivity index (χ0n) is 11.1. The maximum atomic E-state index is 12.6. The Balaban J connectivity index is 2.44. The van der Waals surface area contributed by atoms with Crippen LogP contribution < -0.4 is 4.74 Å². The van der Waals surface area contributed by atoms with Gasteiger partial charge in [0, 0.05) is 14.7 Å². The molecule has 0 radical (unpaired) electrons. The average Bonchev–Trinajstić information content (AvgIpc) is 2.51. The van der Waals surface area contributed by atoms with Crippen LogP contribution in [0.1, 0.15) is 21.8 Å². The van der Waals surface area contributed by atoms with E-state index in [2.05, 4.69) is 28.7 Å². The minimum absolute atomic E-state index is 0.291. The largest absolute Gasteiger partial charge is 0.496 e. The summed E-state index contributed by atoms with van der Waals surface area (Å²) in [7, 11) is 1.51. The molecule has 2 rings (SSSR count). The van der Waals surface area contributed by atoms with Crippen molar-refractivity contribution < 1.29 is 9.53 Å². The molecule has 0 spiro atoms. The third-order valence-corrected chi connectivity index (χ3v) is 4.62. The van der Waals surface area contributed by atoms with Crippen molar-refractivity contribution in [1.29, 1.82) is 5.26 Å². The van der Waals surface area contributed by atoms with E-state index in [0.29, 0.717) is 21.9 Å². The Kier molecular flexibility index (Phi) is 5.21. The summed E-state index contributed by atoms with van der Waals surface area (Å²) in [6.07, 6.45) is 0. The molecule has 3 nitrogen and oxygen atoms in total. The highest BCUT2D eigenvalue weighted by Crippen LogP contribution is 2.30. The van der Waals surface area contributed by atoms with Crippen LogP contribution in [0.4, 0.5) is 0 Å². The van der Waals surface area contributed by atoms with Crippen molar-refractivity contribution in [1.82, 2.24) is 0 Å². The van der Waals surface area contributed by atoms with E-state index in [0.717, 1.165) is 3.57 Å². The molecule has 0 N–H and O–H groups in total. The maximum absolute atomic E-state index is 12.6. The standard InChI is InChI=1S/C16H11ClINO2/c1-21-15-5-3-2-4-11(15)12(9-19)16(20)10-6-7-14(18)13(17)8-10/h2-8,12H,1H3. The van der Waals surface area contributed by atoms with Gasteiger partial charge in [0.1, 0.15) is 11.7 Å². The van der Waals surface area contributed by atoms with Gasteiger partial charge in [-0.05, 0) is 40.8 Å². The predicted octanol–water partition coefficient (Wildman–Crippen LogP) is 4.44. The minimum Gasteiger partial charge on any atom is -0.496 e. The van der Waals surface area contributed by atoms with Crippen molar-refractivity contribution in [2.75, 3.05) is 7.11 Å². The zero-order chi connectivity index (χ0) is 15.4. The van der Waals surface area contributed by atoms with E-state index in [1.54, 1.807) is 42.5 Å². The molecule has 1 atom stereocenters. The lowest BCUT2D eigenvalue weighted by atomic mass is 9.91. The number of nitrogens with zero attached hydrogens (tertiary/aromatic N) is 1. The molecule has 5 heteroatoms. The van der Waals surface area contributed by atoms with Crippen molar-refractivity contribution in [2.45, 2.75) is 5.92 Å². The number of Topliss-reactive ketones (excluding diaryl/α,β-unsaturated/α-hetero) is 1. The first-order valence-corrected chi connectivity index (χ1v) is 7.56. The van der Waals surface area contributed by atoms with E-state index in [1.165, 1.54) is 7.11 Å². The number of ketones is 1. The maximum Gasteiger partial charge on any atom is 0.184 e. The Labute approximate surface area is 141 Å². The lowest BCUT2D eigenvalue weighted by molar-refractivity contribution is 0.0978. The molecule has 0 fully saturated rings. The van der Waals surface area contributed by atoms with Crippen LogP contribution in [0.5, 0.6) is 5.75 Å². The third-order valence-electron chi connectivity index (χ3n) is 3.05. The molecule has 0 aromatic heterocycles. The van der Waals surface area contributed by atoms with Gasteiger partial charge in [-0.1, -0.05) is 35.9 Å². The molecule has 0 bridgehead atoms. The molecule has 0 aliphatic heterocycles. The second kappa shape index (κ2) is 6.92. The van der Waals surface area contributed by atoms with E-state index < -0.39 is 5.92 Å². The quantitative estimate of drug-likeness (QED) is 0.552. The first kappa shape index (κ1) is 15.8. The Morgan fingerprint density at radius 3 is 2.67 bits per heavy atom. The molecule has 106 valence electrons. The topological polar surface area (TPSA) is 50.1 Å². The van der Waals surface area contributed by atoms with Crippen molar-refractivity contribution >= 4 is 40.0 Å². The van der Waals surface area contributed by atoms with Crippen LogP contribution in [-0.4, -0.2) is 12.9 Å². The van der Waals surface area contributed by atoms with E-state index in [-0.39, 0.29) is 5.78 Å². The van der Waals surface area contributed by atoms with Gasteiger partial charge >= 0.3 is 0 Å². The number of para-hydroxylation sites is 1. The molecule has 0 amide bonds. The van der Waals surface area contributed by atoms with E-state index >= 15 is 0 Å². The van der Waals surface area contributed by atoms with Gasteiger partial charge in [-0.25, -0.2) is 0 Å². The van der Waals surface area contributed by atoms with Crippen LogP contribution in [0, 0.1) is 14.9 Å². The SMILES string of the molecule is COc1ccccc1C(C#N)C(=O)c1ccc(I)c(Cl)c1. The average molecular weight is 412 g/mol. The van der Waals surface area contributed by atoms with Crippen LogP contribution in [0.15, 0.2) is 42.5 Å². The van der Waals surface area contributed by atoms with Crippen molar-refractivity contribution in [2.24, 2.45) is 0 Å². The van der Waals surface area contributed by atoms with Crippen LogP contribution in [0.3, 0.4) is 0 Å². The van der Waals surface area contributed by atoms with Gasteiger partial charge in [-0.15, -0.1) is 0 Å². The van der Waals surface area contributed by atoms with Crippen LogP contribution >= 0.6 is 34.2 Å². The van der Waals surface area contributed by atoms with E-state index in [4.69, 9.17) is 16.3 Å². The Morgan fingerprint density at radius 1 is 1.33 bits per heavy atom. The Hall–Kier alpha value is -1.58. The van der Waals surface area contributed by atoms with Gasteiger partial charge < -0.3 is 4.74 Å². The summed E-state index contributed by atoms with van der Waals surface area (Å²) in [5, 5.41) is 9.89. The molecule has 0 aliphatic carbocycles. The molecule has 2 aromatic rings. The number of carbonyl (C=O) groups excluding carboxylic acids is 1. The summed E-state index contributed by atoms with van der Waals surface area (Å²) >= 11 is 8.13. The summed E-state index contributed by atoms with van der Waals surface area (Å²) < 4.78 is 6.08. The third kappa shape index (κ3) is 3.36. The number of nitriles is 1. The fourth-order valence-electron chi connectivity index (χ4n) is 1.99. The van der Waals surface area contributed by atoms with Crippen molar-refractivity contribution in [3.8, 4) is 11.8 Å². The smallest absolute Gasteiger partial charge is 0.184 e. The molecule has 21 heavy (non-hydrogen) atoms. The fraction of sp³-hybridized carbons (Fsp3) is 0.125. The Bertz CT molecular complexity index is 724. The number of benzene rings is 2. The van der Waals surface area contributed by atoms with Gasteiger partial charge in [0.2, 0.25) is 0 Å². The summed E-state index contributed by atoms with van der Waals surface area (Å²) in [5.74, 6) is -0.688. The molecule has 0 heterocycles. The normalized spacial score (nSPS) is 11.5. The van der Waals surface area contributed by atoms with Gasteiger partial charge in [-0.3, -0.25) is 4.79 Å². The second-order valence-electron chi connectivity index (χ2n) is 4.30. The van der Waals surface area contributed by atoms with E-state index in [9.17, 15) is 10.1 Å². The highest BCUT2D eigenvalue weighted by atomic mass is 127. The molecule has 1 unspecified atom stereocenters. The molecule has 0 saturated carbocycles. The van der Waals surface area contributed by atoms with Crippen LogP contribution in [0.25, 0.3) is 0 Å². The number of halogens is 2. The number of hydrogen-bond donors (Lipinski definition) is 0. The lowest BCUT2D eigenvalue weighted by Crippen LogP contribution is -2.12. The van der Waals surface area contributed by atoms with Gasteiger partial charge in [0.05, 0.1) is 18.2 Å². The number of carbonyl (C=O) groups is 1. The van der Waals surface area contributed by atoms with Gasteiger partial charge in [-0.2, -0.15) is 5.26 Å². The molecule has 2 aromatic carbocycles. The monoisotopic (exact) mass is 411 g/mol. The summed E-state index contributed by atoms with van der Waals surface area (Å²) in [5.41, 5.74) is 0.972. The van der Waals surface area contributed by atoms with E-state index in [1.807, 2.05) is 0 Å². The van der Waals surface area contributed by atoms with Gasteiger partial charge in [0.25, 0.3) is 0 Å². The zero-order valence-corrected chi connectivity index (χ0v) is 14.1. The number of ether oxygens (including phenoxy) is 1. The van der Waals surface area contributed by atoms with Gasteiger partial charge in [0.15, 0.2) is 5.78 Å². The van der Waals surface area contributed by atoms with Crippen molar-refractivity contribution in [3.05, 3.63) is 62.2 Å². The summed E-state index contributed by atoms with van der Waals surface area (Å²) in [6, 6.07) is 14.1. The number of methoxy groups -OCH3 is 1. The summed E-state index contributed by atoms with van der Waals surface area (Å²) in [6.45, 7) is 0. The fourth-order valence-corrected chi connectivity index (χ4v) is 2.51. The minimum atomic E-state index is -0.919. The number of rotatable bonds is 4. The molecule has 0 saturated heterocycles. The molecular weight excluding hydrogens is 401 g/mol. The highest BCUT2D eigenvalue weighted by molar-refractivity contribution is 14.1. The lowest BCUT2D eigenvalue weighted by Gasteiger charge is -2.13. The number of hydrogen-bond acceptors (Lipinski definition) is 3. The van der Waals surface area contributed by atoms with Crippen LogP contribution in [0.2, 0.25) is 5.02 Å². The van der Waals surface area contributed by atoms with Crippen LogP contribution in [-0.2, 0) is 0 Å². The second-order valence-corrected chi connectivity index (χ2v) is 5.87. The first-order chi connectivity index (χ1) is 10.1. The Morgan fingerprint density at radius 2 is 2.05 bits per heavy atom. The van der Waals surface area contributed by atoms with Crippen molar-refractivity contribution in [3.63, 3.8) is 0 Å².